The summed E-state index contributed by atoms with van der Waals surface area (Å²) in [6.07, 6.45) is 4.76. The van der Waals surface area contributed by atoms with Gasteiger partial charge in [0.15, 0.2) is 5.96 Å². The molecule has 0 fully saturated rings. The Bertz CT molecular complexity index is 809. The number of hydrogen-bond donors (Lipinski definition) is 3. The van der Waals surface area contributed by atoms with Crippen molar-refractivity contribution in [3.05, 3.63) is 35.5 Å². The van der Waals surface area contributed by atoms with Gasteiger partial charge in [0.25, 0.3) is 0 Å². The molecule has 0 bridgehead atoms. The Morgan fingerprint density at radius 3 is 2.71 bits per heavy atom. The molecule has 2 rings (SSSR count). The van der Waals surface area contributed by atoms with E-state index in [0.29, 0.717) is 18.9 Å². The van der Waals surface area contributed by atoms with Crippen LogP contribution in [0.1, 0.15) is 17.5 Å². The summed E-state index contributed by atoms with van der Waals surface area (Å²) in [5.41, 5.74) is 3.67. The second-order valence-electron chi connectivity index (χ2n) is 6.02. The largest absolute Gasteiger partial charge is 0.361 e. The van der Waals surface area contributed by atoms with Gasteiger partial charge < -0.3 is 15.6 Å². The van der Waals surface area contributed by atoms with Crippen molar-refractivity contribution in [2.45, 2.75) is 19.8 Å². The van der Waals surface area contributed by atoms with E-state index < -0.39 is 9.84 Å². The first kappa shape index (κ1) is 18.3. The van der Waals surface area contributed by atoms with Crippen LogP contribution in [0.25, 0.3) is 10.9 Å². The minimum Gasteiger partial charge on any atom is -0.361 e. The van der Waals surface area contributed by atoms with Gasteiger partial charge in [-0.15, -0.1) is 0 Å². The van der Waals surface area contributed by atoms with Crippen LogP contribution in [0.3, 0.4) is 0 Å². The monoisotopic (exact) mass is 350 g/mol. The maximum Gasteiger partial charge on any atom is 0.190 e. The van der Waals surface area contributed by atoms with Crippen LogP contribution < -0.4 is 10.6 Å². The molecule has 7 heteroatoms. The number of sulfone groups is 1. The molecule has 0 radical (unpaired) electrons. The topological polar surface area (TPSA) is 86.3 Å². The van der Waals surface area contributed by atoms with Crippen molar-refractivity contribution >= 4 is 26.7 Å². The van der Waals surface area contributed by atoms with Gasteiger partial charge in [-0.2, -0.15) is 0 Å². The molecule has 3 N–H and O–H groups in total. The maximum atomic E-state index is 11.1. The van der Waals surface area contributed by atoms with E-state index in [1.165, 1.54) is 22.8 Å². The molecule has 2 aromatic rings. The molecule has 0 aliphatic carbocycles. The summed E-state index contributed by atoms with van der Waals surface area (Å²) in [5, 5.41) is 7.64. The average molecular weight is 350 g/mol. The lowest BCUT2D eigenvalue weighted by Crippen LogP contribution is -2.39. The Kier molecular flexibility index (Phi) is 6.25. The second-order valence-corrected chi connectivity index (χ2v) is 8.28. The van der Waals surface area contributed by atoms with Crippen LogP contribution in [-0.4, -0.2) is 51.5 Å². The molecule has 6 nitrogen and oxygen atoms in total. The molecule has 0 saturated heterocycles. The van der Waals surface area contributed by atoms with Crippen molar-refractivity contribution in [3.8, 4) is 0 Å². The summed E-state index contributed by atoms with van der Waals surface area (Å²) in [6.45, 7) is 3.42. The van der Waals surface area contributed by atoms with Crippen molar-refractivity contribution in [3.63, 3.8) is 0 Å². The van der Waals surface area contributed by atoms with Crippen molar-refractivity contribution < 1.29 is 8.42 Å². The van der Waals surface area contributed by atoms with Gasteiger partial charge in [0.1, 0.15) is 9.84 Å². The fourth-order valence-electron chi connectivity index (χ4n) is 2.58. The molecule has 0 spiro atoms. The van der Waals surface area contributed by atoms with Gasteiger partial charge in [-0.1, -0.05) is 12.1 Å². The molecular formula is C17H26N4O2S. The van der Waals surface area contributed by atoms with Gasteiger partial charge >= 0.3 is 0 Å². The Morgan fingerprint density at radius 1 is 1.25 bits per heavy atom. The SMILES string of the molecule is CN=C(NCCCS(C)(=O)=O)NCCc1c[nH]c2cc(C)ccc12. The summed E-state index contributed by atoms with van der Waals surface area (Å²) in [7, 11) is -1.19. The van der Waals surface area contributed by atoms with Crippen molar-refractivity contribution in [2.24, 2.45) is 4.99 Å². The number of aromatic amines is 1. The highest BCUT2D eigenvalue weighted by molar-refractivity contribution is 7.90. The van der Waals surface area contributed by atoms with Gasteiger partial charge in [0.2, 0.25) is 0 Å². The zero-order chi connectivity index (χ0) is 17.6. The predicted octanol–water partition coefficient (Wildman–Crippen LogP) is 1.62. The lowest BCUT2D eigenvalue weighted by atomic mass is 10.1. The van der Waals surface area contributed by atoms with Gasteiger partial charge in [-0.3, -0.25) is 4.99 Å². The Labute approximate surface area is 143 Å². The molecule has 1 heterocycles. The van der Waals surface area contributed by atoms with Crippen LogP contribution in [0.4, 0.5) is 0 Å². The fourth-order valence-corrected chi connectivity index (χ4v) is 3.25. The highest BCUT2D eigenvalue weighted by Gasteiger charge is 2.05. The number of nitrogens with zero attached hydrogens (tertiary/aromatic N) is 1. The van der Waals surface area contributed by atoms with Crippen molar-refractivity contribution in [1.82, 2.24) is 15.6 Å². The molecule has 0 saturated carbocycles. The zero-order valence-electron chi connectivity index (χ0n) is 14.5. The van der Waals surface area contributed by atoms with Crippen LogP contribution in [0.2, 0.25) is 0 Å². The number of aliphatic imine (C=N–C) groups is 1. The van der Waals surface area contributed by atoms with E-state index in [1.54, 1.807) is 7.05 Å². The first-order chi connectivity index (χ1) is 11.4. The molecule has 0 amide bonds. The van der Waals surface area contributed by atoms with Gasteiger partial charge in [0, 0.05) is 43.5 Å². The number of nitrogens with one attached hydrogen (secondary N) is 3. The van der Waals surface area contributed by atoms with Crippen molar-refractivity contribution in [2.75, 3.05) is 32.1 Å². The molecule has 0 aliphatic rings. The normalized spacial score (nSPS) is 12.5. The number of H-pyrrole nitrogens is 1. The summed E-state index contributed by atoms with van der Waals surface area (Å²) in [6, 6.07) is 6.42. The lowest BCUT2D eigenvalue weighted by molar-refractivity contribution is 0.598. The van der Waals surface area contributed by atoms with Gasteiger partial charge in [0.05, 0.1) is 5.75 Å². The number of fused-ring (bicyclic) bond motifs is 1. The van der Waals surface area contributed by atoms with Gasteiger partial charge in [-0.05, 0) is 37.0 Å². The number of hydrogen-bond acceptors (Lipinski definition) is 3. The first-order valence-corrected chi connectivity index (χ1v) is 10.1. The van der Waals surface area contributed by atoms with Crippen LogP contribution in [-0.2, 0) is 16.3 Å². The van der Waals surface area contributed by atoms with E-state index in [2.05, 4.69) is 45.7 Å². The highest BCUT2D eigenvalue weighted by atomic mass is 32.2. The van der Waals surface area contributed by atoms with E-state index in [9.17, 15) is 8.42 Å². The van der Waals surface area contributed by atoms with E-state index in [-0.39, 0.29) is 5.75 Å². The van der Waals surface area contributed by atoms with Crippen molar-refractivity contribution in [1.29, 1.82) is 0 Å². The molecule has 1 aromatic heterocycles. The third kappa shape index (κ3) is 5.56. The van der Waals surface area contributed by atoms with Crippen LogP contribution in [0, 0.1) is 6.92 Å². The Hall–Kier alpha value is -2.02. The number of benzene rings is 1. The predicted molar refractivity (Wildman–Crippen MR) is 100 cm³/mol. The number of rotatable bonds is 7. The Balaban J connectivity index is 1.79. The number of aryl methyl sites for hydroxylation is 1. The van der Waals surface area contributed by atoms with Crippen LogP contribution in [0.5, 0.6) is 0 Å². The number of aromatic nitrogens is 1. The Morgan fingerprint density at radius 2 is 2.00 bits per heavy atom. The summed E-state index contributed by atoms with van der Waals surface area (Å²) < 4.78 is 22.2. The summed E-state index contributed by atoms with van der Waals surface area (Å²) >= 11 is 0. The van der Waals surface area contributed by atoms with E-state index in [0.717, 1.165) is 18.5 Å². The van der Waals surface area contributed by atoms with Crippen LogP contribution in [0.15, 0.2) is 29.4 Å². The third-order valence-electron chi connectivity index (χ3n) is 3.82. The average Bonchev–Trinajstić information content (AvgIpc) is 2.90. The molecule has 24 heavy (non-hydrogen) atoms. The molecule has 0 aliphatic heterocycles. The van der Waals surface area contributed by atoms with Gasteiger partial charge in [-0.25, -0.2) is 8.42 Å². The second kappa shape index (κ2) is 8.19. The minimum atomic E-state index is -2.90. The molecule has 0 unspecified atom stereocenters. The molecule has 132 valence electrons. The van der Waals surface area contributed by atoms with Crippen LogP contribution >= 0.6 is 0 Å². The van der Waals surface area contributed by atoms with E-state index >= 15 is 0 Å². The quantitative estimate of drug-likeness (QED) is 0.402. The van der Waals surface area contributed by atoms with E-state index in [4.69, 9.17) is 0 Å². The zero-order valence-corrected chi connectivity index (χ0v) is 15.3. The maximum absolute atomic E-state index is 11.1. The number of guanidine groups is 1. The minimum absolute atomic E-state index is 0.186. The fraction of sp³-hybridized carbons (Fsp3) is 0.471. The molecular weight excluding hydrogens is 324 g/mol. The van der Waals surface area contributed by atoms with E-state index in [1.807, 2.05) is 6.20 Å². The standard InChI is InChI=1S/C17H26N4O2S/c1-13-5-6-15-14(12-21-16(15)11-13)7-9-20-17(18-2)19-8-4-10-24(3,22)23/h5-6,11-12,21H,4,7-10H2,1-3H3,(H2,18,19,20). The summed E-state index contributed by atoms with van der Waals surface area (Å²) in [4.78, 5) is 7.46. The summed E-state index contributed by atoms with van der Waals surface area (Å²) in [5.74, 6) is 0.880. The molecule has 1 aromatic carbocycles. The molecule has 0 atom stereocenters. The highest BCUT2D eigenvalue weighted by Crippen LogP contribution is 2.19. The smallest absolute Gasteiger partial charge is 0.190 e. The third-order valence-corrected chi connectivity index (χ3v) is 4.85. The first-order valence-electron chi connectivity index (χ1n) is 8.08. The lowest BCUT2D eigenvalue weighted by Gasteiger charge is -2.11.